The molecule has 8 heteroatoms. The van der Waals surface area contributed by atoms with Crippen LogP contribution in [0.4, 0.5) is 0 Å². The molecule has 0 aliphatic carbocycles. The Bertz CT molecular complexity index is 591. The summed E-state index contributed by atoms with van der Waals surface area (Å²) in [5.74, 6) is -1.19. The zero-order valence-electron chi connectivity index (χ0n) is 12.5. The fraction of sp³-hybridized carbons (Fsp3) is 0.429. The average molecular weight is 307 g/mol. The highest BCUT2D eigenvalue weighted by Crippen LogP contribution is 2.22. The second-order valence-electron chi connectivity index (χ2n) is 4.57. The molecule has 0 aromatic heterocycles. The van der Waals surface area contributed by atoms with Crippen molar-refractivity contribution in [3.8, 4) is 5.75 Å². The molecular weight excluding hydrogens is 290 g/mol. The average Bonchev–Trinajstić information content (AvgIpc) is 2.52. The van der Waals surface area contributed by atoms with Crippen LogP contribution < -0.4 is 4.74 Å². The minimum Gasteiger partial charge on any atom is -0.497 e. The third-order valence-corrected chi connectivity index (χ3v) is 3.01. The molecule has 0 aliphatic heterocycles. The number of nitrogens with zero attached hydrogens (tertiary/aromatic N) is 3. The lowest BCUT2D eigenvalue weighted by atomic mass is 9.90. The van der Waals surface area contributed by atoms with Gasteiger partial charge in [0.1, 0.15) is 11.8 Å². The second-order valence-corrected chi connectivity index (χ2v) is 4.57. The fourth-order valence-electron chi connectivity index (χ4n) is 1.77. The van der Waals surface area contributed by atoms with E-state index in [2.05, 4.69) is 10.0 Å². The van der Waals surface area contributed by atoms with Crippen molar-refractivity contribution in [1.82, 2.24) is 0 Å². The van der Waals surface area contributed by atoms with Crippen LogP contribution in [0.3, 0.4) is 0 Å². The van der Waals surface area contributed by atoms with Crippen molar-refractivity contribution in [3.05, 3.63) is 40.3 Å². The predicted molar refractivity (Wildman–Crippen MR) is 77.5 cm³/mol. The van der Waals surface area contributed by atoms with Gasteiger partial charge in [-0.2, -0.15) is 0 Å². The number of methoxy groups -OCH3 is 1. The van der Waals surface area contributed by atoms with E-state index >= 15 is 0 Å². The number of hydrogen-bond acceptors (Lipinski definition) is 6. The molecule has 0 saturated carbocycles. The number of azide groups is 1. The Morgan fingerprint density at radius 3 is 2.45 bits per heavy atom. The van der Waals surface area contributed by atoms with E-state index in [1.165, 1.54) is 19.2 Å². The van der Waals surface area contributed by atoms with Crippen LogP contribution in [0.1, 0.15) is 24.2 Å². The lowest BCUT2D eigenvalue weighted by molar-refractivity contribution is -0.164. The molecule has 0 aliphatic rings. The normalized spacial score (nSPS) is 14.2. The third-order valence-electron chi connectivity index (χ3n) is 3.01. The van der Waals surface area contributed by atoms with Crippen molar-refractivity contribution in [2.24, 2.45) is 5.11 Å². The molecule has 0 amide bonds. The first-order chi connectivity index (χ1) is 10.4. The van der Waals surface area contributed by atoms with Gasteiger partial charge in [-0.05, 0) is 43.6 Å². The first-order valence-electron chi connectivity index (χ1n) is 6.50. The van der Waals surface area contributed by atoms with Crippen LogP contribution in [0.25, 0.3) is 10.4 Å². The Morgan fingerprint density at radius 2 is 2.00 bits per heavy atom. The van der Waals surface area contributed by atoms with Gasteiger partial charge in [-0.3, -0.25) is 4.79 Å². The summed E-state index contributed by atoms with van der Waals surface area (Å²) in [7, 11) is 1.48. The van der Waals surface area contributed by atoms with Gasteiger partial charge in [0.15, 0.2) is 11.4 Å². The summed E-state index contributed by atoms with van der Waals surface area (Å²) in [6.45, 7) is 2.66. The Morgan fingerprint density at radius 1 is 1.41 bits per heavy atom. The van der Waals surface area contributed by atoms with Crippen LogP contribution in [0, 0.1) is 0 Å². The van der Waals surface area contributed by atoms with E-state index in [1.807, 2.05) is 0 Å². The molecule has 118 valence electrons. The number of rotatable bonds is 7. The largest absolute Gasteiger partial charge is 0.497 e. The summed E-state index contributed by atoms with van der Waals surface area (Å²) < 4.78 is 9.69. The fourth-order valence-corrected chi connectivity index (χ4v) is 1.77. The van der Waals surface area contributed by atoms with Crippen molar-refractivity contribution in [3.63, 3.8) is 0 Å². The molecule has 2 atom stereocenters. The summed E-state index contributed by atoms with van der Waals surface area (Å²) in [6.07, 6.45) is 0. The smallest absolute Gasteiger partial charge is 0.338 e. The number of ketones is 1. The Hall–Kier alpha value is -2.57. The van der Waals surface area contributed by atoms with Gasteiger partial charge in [0, 0.05) is 10.5 Å². The van der Waals surface area contributed by atoms with E-state index in [0.29, 0.717) is 5.75 Å². The summed E-state index contributed by atoms with van der Waals surface area (Å²) in [4.78, 5) is 26.7. The summed E-state index contributed by atoms with van der Waals surface area (Å²) in [5.41, 5.74) is 6.52. The molecule has 1 aromatic carbocycles. The van der Waals surface area contributed by atoms with Gasteiger partial charge in [0.25, 0.3) is 0 Å². The van der Waals surface area contributed by atoms with E-state index < -0.39 is 23.4 Å². The molecule has 1 aromatic rings. The van der Waals surface area contributed by atoms with E-state index in [0.717, 1.165) is 6.92 Å². The van der Waals surface area contributed by atoms with E-state index in [1.54, 1.807) is 19.1 Å². The number of Topliss-reactive ketones (excluding diaryl/α,β-unsaturated/α-hetero) is 1. The summed E-state index contributed by atoms with van der Waals surface area (Å²) >= 11 is 0. The SMILES string of the molecule is CCOC(=O)C(C)(O)[C@@H](N=[N+]=[N-])C(=O)c1ccc(OC)cc1. The minimum atomic E-state index is -2.26. The van der Waals surface area contributed by atoms with Crippen molar-refractivity contribution in [2.45, 2.75) is 25.5 Å². The lowest BCUT2D eigenvalue weighted by Gasteiger charge is -2.26. The molecular formula is C14H17N3O5. The van der Waals surface area contributed by atoms with Crippen molar-refractivity contribution in [1.29, 1.82) is 0 Å². The van der Waals surface area contributed by atoms with Crippen LogP contribution in [0.15, 0.2) is 29.4 Å². The number of carbonyl (C=O) groups excluding carboxylic acids is 2. The summed E-state index contributed by atoms with van der Waals surface area (Å²) in [5, 5.41) is 13.5. The highest BCUT2D eigenvalue weighted by Gasteiger charge is 2.44. The number of esters is 1. The molecule has 1 rings (SSSR count). The first-order valence-corrected chi connectivity index (χ1v) is 6.50. The molecule has 22 heavy (non-hydrogen) atoms. The van der Waals surface area contributed by atoms with Gasteiger partial charge in [0.2, 0.25) is 0 Å². The minimum absolute atomic E-state index is 0.0225. The van der Waals surface area contributed by atoms with Crippen LogP contribution in [-0.2, 0) is 9.53 Å². The number of aliphatic hydroxyl groups is 1. The topological polar surface area (TPSA) is 122 Å². The molecule has 1 N–H and O–H groups in total. The van der Waals surface area contributed by atoms with E-state index in [9.17, 15) is 14.7 Å². The van der Waals surface area contributed by atoms with Crippen molar-refractivity contribution in [2.75, 3.05) is 13.7 Å². The lowest BCUT2D eigenvalue weighted by Crippen LogP contribution is -2.50. The molecule has 8 nitrogen and oxygen atoms in total. The maximum Gasteiger partial charge on any atom is 0.338 e. The van der Waals surface area contributed by atoms with Crippen LogP contribution in [0.2, 0.25) is 0 Å². The van der Waals surface area contributed by atoms with Crippen LogP contribution in [0.5, 0.6) is 5.75 Å². The third kappa shape index (κ3) is 3.75. The maximum absolute atomic E-state index is 12.4. The van der Waals surface area contributed by atoms with Gasteiger partial charge in [-0.1, -0.05) is 5.11 Å². The quantitative estimate of drug-likeness (QED) is 0.271. The number of ether oxygens (including phenoxy) is 2. The van der Waals surface area contributed by atoms with Crippen LogP contribution in [-0.4, -0.2) is 42.2 Å². The molecule has 0 spiro atoms. The molecule has 0 bridgehead atoms. The zero-order valence-corrected chi connectivity index (χ0v) is 12.5. The van der Waals surface area contributed by atoms with Crippen molar-refractivity contribution < 1.29 is 24.2 Å². The van der Waals surface area contributed by atoms with Gasteiger partial charge in [-0.25, -0.2) is 4.79 Å². The molecule has 0 heterocycles. The van der Waals surface area contributed by atoms with Gasteiger partial charge in [0.05, 0.1) is 13.7 Å². The Balaban J connectivity index is 3.15. The summed E-state index contributed by atoms with van der Waals surface area (Å²) in [6, 6.07) is 4.34. The first kappa shape index (κ1) is 17.5. The predicted octanol–water partition coefficient (Wildman–Crippen LogP) is 1.87. The number of hydrogen-bond donors (Lipinski definition) is 1. The maximum atomic E-state index is 12.4. The highest BCUT2D eigenvalue weighted by atomic mass is 16.5. The molecule has 1 unspecified atom stereocenters. The molecule has 0 fully saturated rings. The van der Waals surface area contributed by atoms with Gasteiger partial charge in [-0.15, -0.1) is 0 Å². The van der Waals surface area contributed by atoms with E-state index in [4.69, 9.17) is 15.0 Å². The number of benzene rings is 1. The van der Waals surface area contributed by atoms with Crippen molar-refractivity contribution >= 4 is 11.8 Å². The highest BCUT2D eigenvalue weighted by molar-refractivity contribution is 6.04. The van der Waals surface area contributed by atoms with Gasteiger partial charge >= 0.3 is 5.97 Å². The number of carbonyl (C=O) groups is 2. The van der Waals surface area contributed by atoms with E-state index in [-0.39, 0.29) is 12.2 Å². The Kier molecular flexibility index (Phi) is 5.91. The molecule has 0 radical (unpaired) electrons. The monoisotopic (exact) mass is 307 g/mol. The van der Waals surface area contributed by atoms with Crippen LogP contribution >= 0.6 is 0 Å². The zero-order chi connectivity index (χ0) is 16.8. The Labute approximate surface area is 127 Å². The van der Waals surface area contributed by atoms with Gasteiger partial charge < -0.3 is 14.6 Å². The molecule has 0 saturated heterocycles. The second kappa shape index (κ2) is 7.44. The standard InChI is InChI=1S/C14H17N3O5/c1-4-22-13(19)14(2,20)12(16-17-15)11(18)9-5-7-10(21-3)8-6-9/h5-8,12,20H,4H2,1-3H3/t12-,14?/m0/s1.